The minimum absolute atomic E-state index is 0.0845. The van der Waals surface area contributed by atoms with Gasteiger partial charge in [-0.25, -0.2) is 0 Å². The van der Waals surface area contributed by atoms with Crippen LogP contribution in [0.15, 0.2) is 36.5 Å². The van der Waals surface area contributed by atoms with Gasteiger partial charge < -0.3 is 10.1 Å². The van der Waals surface area contributed by atoms with Gasteiger partial charge in [-0.15, -0.1) is 0 Å². The predicted molar refractivity (Wildman–Crippen MR) is 84.6 cm³/mol. The minimum atomic E-state index is -0.186. The molecule has 2 rings (SSSR count). The lowest BCUT2D eigenvalue weighted by molar-refractivity contribution is -0.140. The van der Waals surface area contributed by atoms with Gasteiger partial charge in [0.15, 0.2) is 0 Å². The number of hydrogen-bond donors (Lipinski definition) is 1. The van der Waals surface area contributed by atoms with Crippen LogP contribution in [0.2, 0.25) is 0 Å². The number of carbonyl (C=O) groups is 2. The van der Waals surface area contributed by atoms with Gasteiger partial charge in [0.1, 0.15) is 0 Å². The van der Waals surface area contributed by atoms with Crippen LogP contribution in [0.3, 0.4) is 0 Å². The number of carbonyl (C=O) groups excluding carboxylic acids is 2. The molecule has 1 amide bonds. The van der Waals surface area contributed by atoms with E-state index in [2.05, 4.69) is 15.0 Å². The Morgan fingerprint density at radius 2 is 2.05 bits per heavy atom. The van der Waals surface area contributed by atoms with E-state index in [4.69, 9.17) is 0 Å². The number of unbranched alkanes of at least 4 members (excludes halogenated alkanes) is 2. The minimum Gasteiger partial charge on any atom is -0.469 e. The van der Waals surface area contributed by atoms with Crippen molar-refractivity contribution in [1.29, 1.82) is 0 Å². The molecule has 1 aromatic carbocycles. The average Bonchev–Trinajstić information content (AvgIpc) is 2.56. The van der Waals surface area contributed by atoms with E-state index in [1.807, 2.05) is 24.3 Å². The maximum atomic E-state index is 12.1. The Hall–Kier alpha value is -2.43. The van der Waals surface area contributed by atoms with E-state index in [9.17, 15) is 9.59 Å². The number of fused-ring (bicyclic) bond motifs is 1. The van der Waals surface area contributed by atoms with Crippen LogP contribution in [0.5, 0.6) is 0 Å². The fraction of sp³-hybridized carbons (Fsp3) is 0.353. The first-order chi connectivity index (χ1) is 10.7. The van der Waals surface area contributed by atoms with Crippen LogP contribution in [0, 0.1) is 0 Å². The second-order valence-electron chi connectivity index (χ2n) is 5.05. The molecule has 0 atom stereocenters. The molecule has 5 heteroatoms. The molecular weight excluding hydrogens is 280 g/mol. The Balaban J connectivity index is 1.75. The summed E-state index contributed by atoms with van der Waals surface area (Å²) in [5, 5.41) is 3.84. The Morgan fingerprint density at radius 3 is 2.86 bits per heavy atom. The number of methoxy groups -OCH3 is 1. The first kappa shape index (κ1) is 15.9. The number of nitrogens with zero attached hydrogens (tertiary/aromatic N) is 1. The molecule has 0 saturated carbocycles. The van der Waals surface area contributed by atoms with Crippen LogP contribution in [0.1, 0.15) is 36.0 Å². The Morgan fingerprint density at radius 1 is 1.18 bits per heavy atom. The Bertz CT molecular complexity index is 655. The molecule has 0 aliphatic heterocycles. The zero-order valence-electron chi connectivity index (χ0n) is 12.7. The molecule has 0 spiro atoms. The largest absolute Gasteiger partial charge is 0.469 e. The van der Waals surface area contributed by atoms with Crippen molar-refractivity contribution in [2.75, 3.05) is 13.7 Å². The van der Waals surface area contributed by atoms with Gasteiger partial charge >= 0.3 is 5.97 Å². The molecule has 1 heterocycles. The normalized spacial score (nSPS) is 10.4. The first-order valence-corrected chi connectivity index (χ1v) is 7.40. The van der Waals surface area contributed by atoms with Crippen molar-refractivity contribution in [2.24, 2.45) is 0 Å². The molecule has 116 valence electrons. The lowest BCUT2D eigenvalue weighted by Crippen LogP contribution is -2.24. The number of benzene rings is 1. The summed E-state index contributed by atoms with van der Waals surface area (Å²) in [4.78, 5) is 27.2. The molecule has 0 aliphatic rings. The number of rotatable bonds is 7. The molecule has 0 fully saturated rings. The highest BCUT2D eigenvalue weighted by Crippen LogP contribution is 2.13. The van der Waals surface area contributed by atoms with E-state index in [1.165, 1.54) is 7.11 Å². The summed E-state index contributed by atoms with van der Waals surface area (Å²) in [7, 11) is 1.39. The van der Waals surface area contributed by atoms with Crippen molar-refractivity contribution < 1.29 is 14.3 Å². The van der Waals surface area contributed by atoms with Crippen LogP contribution in [0.25, 0.3) is 10.9 Å². The summed E-state index contributed by atoms with van der Waals surface area (Å²) < 4.78 is 4.57. The summed E-state index contributed by atoms with van der Waals surface area (Å²) in [6.07, 6.45) is 4.68. The number of nitrogens with one attached hydrogen (secondary N) is 1. The van der Waals surface area contributed by atoms with Crippen molar-refractivity contribution in [3.63, 3.8) is 0 Å². The van der Waals surface area contributed by atoms with Crippen LogP contribution in [-0.4, -0.2) is 30.5 Å². The van der Waals surface area contributed by atoms with E-state index in [0.717, 1.165) is 30.2 Å². The summed E-state index contributed by atoms with van der Waals surface area (Å²) in [6.45, 7) is 0.602. The van der Waals surface area contributed by atoms with Crippen molar-refractivity contribution in [1.82, 2.24) is 10.3 Å². The molecule has 22 heavy (non-hydrogen) atoms. The second kappa shape index (κ2) is 8.12. The molecule has 2 aromatic rings. The third-order valence-corrected chi connectivity index (χ3v) is 3.44. The lowest BCUT2D eigenvalue weighted by Gasteiger charge is -2.06. The molecule has 0 unspecified atom stereocenters. The fourth-order valence-electron chi connectivity index (χ4n) is 2.19. The Labute approximate surface area is 129 Å². The second-order valence-corrected chi connectivity index (χ2v) is 5.05. The number of hydrogen-bond acceptors (Lipinski definition) is 4. The van der Waals surface area contributed by atoms with Gasteiger partial charge in [-0.2, -0.15) is 0 Å². The number of aromatic nitrogens is 1. The Kier molecular flexibility index (Phi) is 5.89. The highest BCUT2D eigenvalue weighted by molar-refractivity contribution is 5.97. The fourth-order valence-corrected chi connectivity index (χ4v) is 2.19. The smallest absolute Gasteiger partial charge is 0.305 e. The highest BCUT2D eigenvalue weighted by Gasteiger charge is 2.06. The lowest BCUT2D eigenvalue weighted by atomic mass is 10.1. The number of amides is 1. The van der Waals surface area contributed by atoms with Crippen LogP contribution in [-0.2, 0) is 9.53 Å². The molecule has 0 saturated heterocycles. The van der Waals surface area contributed by atoms with Gasteiger partial charge in [0.25, 0.3) is 5.91 Å². The summed E-state index contributed by atoms with van der Waals surface area (Å²) in [5.41, 5.74) is 1.51. The van der Waals surface area contributed by atoms with Crippen molar-refractivity contribution >= 4 is 22.8 Å². The topological polar surface area (TPSA) is 68.3 Å². The summed E-state index contributed by atoms with van der Waals surface area (Å²) in [5.74, 6) is -0.271. The predicted octanol–water partition coefficient (Wildman–Crippen LogP) is 2.70. The van der Waals surface area contributed by atoms with E-state index in [-0.39, 0.29) is 11.9 Å². The van der Waals surface area contributed by atoms with Crippen molar-refractivity contribution in [2.45, 2.75) is 25.7 Å². The van der Waals surface area contributed by atoms with Crippen molar-refractivity contribution in [3.8, 4) is 0 Å². The first-order valence-electron chi connectivity index (χ1n) is 7.40. The third kappa shape index (κ3) is 4.55. The van der Waals surface area contributed by atoms with E-state index < -0.39 is 0 Å². The van der Waals surface area contributed by atoms with Gasteiger partial charge in [-0.1, -0.05) is 12.5 Å². The zero-order chi connectivity index (χ0) is 15.8. The maximum absolute atomic E-state index is 12.1. The number of esters is 1. The molecule has 0 bridgehead atoms. The average molecular weight is 300 g/mol. The molecule has 1 N–H and O–H groups in total. The van der Waals surface area contributed by atoms with E-state index >= 15 is 0 Å². The van der Waals surface area contributed by atoms with Crippen LogP contribution < -0.4 is 5.32 Å². The van der Waals surface area contributed by atoms with E-state index in [0.29, 0.717) is 18.5 Å². The molecule has 0 aliphatic carbocycles. The molecule has 5 nitrogen and oxygen atoms in total. The standard InChI is InChI=1S/C17H20N2O3/c1-22-16(20)7-3-2-4-10-19-17(21)14-8-9-15-13(12-14)6-5-11-18-15/h5-6,8-9,11-12H,2-4,7,10H2,1H3,(H,19,21). The van der Waals surface area contributed by atoms with Crippen LogP contribution in [0.4, 0.5) is 0 Å². The van der Waals surface area contributed by atoms with Gasteiger partial charge in [0.2, 0.25) is 0 Å². The monoisotopic (exact) mass is 300 g/mol. The molecule has 0 radical (unpaired) electrons. The zero-order valence-corrected chi connectivity index (χ0v) is 12.7. The maximum Gasteiger partial charge on any atom is 0.305 e. The van der Waals surface area contributed by atoms with Gasteiger partial charge in [0.05, 0.1) is 12.6 Å². The van der Waals surface area contributed by atoms with Gasteiger partial charge in [0, 0.05) is 30.1 Å². The quantitative estimate of drug-likeness (QED) is 0.630. The number of ether oxygens (including phenoxy) is 1. The molecular formula is C17H20N2O3. The number of pyridine rings is 1. The highest BCUT2D eigenvalue weighted by atomic mass is 16.5. The van der Waals surface area contributed by atoms with E-state index in [1.54, 1.807) is 12.3 Å². The summed E-state index contributed by atoms with van der Waals surface area (Å²) >= 11 is 0. The van der Waals surface area contributed by atoms with Crippen LogP contribution >= 0.6 is 0 Å². The van der Waals surface area contributed by atoms with Gasteiger partial charge in [-0.3, -0.25) is 14.6 Å². The third-order valence-electron chi connectivity index (χ3n) is 3.44. The van der Waals surface area contributed by atoms with Crippen molar-refractivity contribution in [3.05, 3.63) is 42.1 Å². The SMILES string of the molecule is COC(=O)CCCCCNC(=O)c1ccc2ncccc2c1. The van der Waals surface area contributed by atoms with Gasteiger partial charge in [-0.05, 0) is 37.1 Å². The molecule has 1 aromatic heterocycles. The summed E-state index contributed by atoms with van der Waals surface area (Å²) in [6, 6.07) is 9.26.